The quantitative estimate of drug-likeness (QED) is 0.722. The molecular formula is C16H17ClN8O. The Morgan fingerprint density at radius 1 is 1.31 bits per heavy atom. The molecule has 134 valence electrons. The molecule has 10 heteroatoms. The predicted octanol–water partition coefficient (Wildman–Crippen LogP) is 1.93. The number of aryl methyl sites for hydroxylation is 1. The van der Waals surface area contributed by atoms with Crippen molar-refractivity contribution < 1.29 is 4.79 Å². The Kier molecular flexibility index (Phi) is 4.37. The molecule has 0 aromatic carbocycles. The first-order valence-corrected chi connectivity index (χ1v) is 8.70. The van der Waals surface area contributed by atoms with Gasteiger partial charge in [0.05, 0.1) is 18.6 Å². The molecule has 1 aliphatic heterocycles. The number of amides is 1. The molecule has 9 nitrogen and oxygen atoms in total. The zero-order valence-corrected chi connectivity index (χ0v) is 14.9. The van der Waals surface area contributed by atoms with Crippen molar-refractivity contribution in [2.75, 3.05) is 11.4 Å². The summed E-state index contributed by atoms with van der Waals surface area (Å²) in [5.41, 5.74) is 1.74. The number of nitrogens with zero attached hydrogens (tertiary/aromatic N) is 6. The molecule has 0 spiro atoms. The molecule has 0 radical (unpaired) electrons. The number of rotatable bonds is 4. The fourth-order valence-corrected chi connectivity index (χ4v) is 3.29. The number of carbonyl (C=O) groups is 1. The molecule has 1 fully saturated rings. The highest BCUT2D eigenvalue weighted by Crippen LogP contribution is 2.26. The second kappa shape index (κ2) is 6.83. The van der Waals surface area contributed by atoms with E-state index in [1.165, 1.54) is 0 Å². The van der Waals surface area contributed by atoms with Gasteiger partial charge in [-0.15, -0.1) is 5.10 Å². The van der Waals surface area contributed by atoms with Crippen LogP contribution in [0.25, 0.3) is 11.4 Å². The molecule has 4 rings (SSSR count). The highest BCUT2D eigenvalue weighted by Gasteiger charge is 2.32. The fraction of sp³-hybridized carbons (Fsp3) is 0.375. The van der Waals surface area contributed by atoms with E-state index >= 15 is 0 Å². The van der Waals surface area contributed by atoms with Gasteiger partial charge in [-0.1, -0.05) is 11.6 Å². The first-order valence-electron chi connectivity index (χ1n) is 8.32. The number of H-pyrrole nitrogens is 2. The SMILES string of the molecule is Cc1cnncc1-c1nc(N2CCCC(Cc3ncc(Cl)[nH]3)C2=O)n[nH]1. The number of aromatic amines is 2. The minimum Gasteiger partial charge on any atom is -0.333 e. The molecule has 26 heavy (non-hydrogen) atoms. The predicted molar refractivity (Wildman–Crippen MR) is 94.5 cm³/mol. The summed E-state index contributed by atoms with van der Waals surface area (Å²) >= 11 is 5.87. The van der Waals surface area contributed by atoms with E-state index in [-0.39, 0.29) is 11.8 Å². The van der Waals surface area contributed by atoms with Crippen molar-refractivity contribution >= 4 is 23.5 Å². The topological polar surface area (TPSA) is 116 Å². The molecule has 3 aromatic rings. The van der Waals surface area contributed by atoms with E-state index in [2.05, 4.69) is 35.3 Å². The smallest absolute Gasteiger partial charge is 0.251 e. The molecule has 2 N–H and O–H groups in total. The third kappa shape index (κ3) is 3.17. The molecule has 1 aliphatic rings. The van der Waals surface area contributed by atoms with E-state index in [4.69, 9.17) is 11.6 Å². The highest BCUT2D eigenvalue weighted by molar-refractivity contribution is 6.29. The van der Waals surface area contributed by atoms with E-state index in [0.717, 1.165) is 24.0 Å². The first kappa shape index (κ1) is 16.6. The van der Waals surface area contributed by atoms with Crippen LogP contribution in [0.1, 0.15) is 24.2 Å². The number of halogens is 1. The molecule has 1 atom stereocenters. The van der Waals surface area contributed by atoms with Gasteiger partial charge in [-0.3, -0.25) is 14.8 Å². The Bertz CT molecular complexity index is 936. The van der Waals surface area contributed by atoms with Gasteiger partial charge in [0.15, 0.2) is 5.82 Å². The van der Waals surface area contributed by atoms with Gasteiger partial charge in [0.2, 0.25) is 5.91 Å². The van der Waals surface area contributed by atoms with Crippen molar-refractivity contribution in [1.82, 2.24) is 35.3 Å². The maximum Gasteiger partial charge on any atom is 0.251 e. The molecule has 3 aromatic heterocycles. The van der Waals surface area contributed by atoms with Crippen LogP contribution in [0.2, 0.25) is 5.15 Å². The molecular weight excluding hydrogens is 356 g/mol. The number of aromatic nitrogens is 7. The summed E-state index contributed by atoms with van der Waals surface area (Å²) in [6.07, 6.45) is 7.04. The summed E-state index contributed by atoms with van der Waals surface area (Å²) in [7, 11) is 0. The van der Waals surface area contributed by atoms with Crippen LogP contribution in [0.3, 0.4) is 0 Å². The summed E-state index contributed by atoms with van der Waals surface area (Å²) in [4.78, 5) is 26.2. The Labute approximate surface area is 154 Å². The number of nitrogens with one attached hydrogen (secondary N) is 2. The van der Waals surface area contributed by atoms with Gasteiger partial charge in [0.25, 0.3) is 5.95 Å². The monoisotopic (exact) mass is 372 g/mol. The molecule has 0 aliphatic carbocycles. The van der Waals surface area contributed by atoms with Crippen molar-refractivity contribution in [2.24, 2.45) is 5.92 Å². The lowest BCUT2D eigenvalue weighted by atomic mass is 9.94. The lowest BCUT2D eigenvalue weighted by Crippen LogP contribution is -2.42. The van der Waals surface area contributed by atoms with E-state index in [1.807, 2.05) is 6.92 Å². The van der Waals surface area contributed by atoms with Gasteiger partial charge >= 0.3 is 0 Å². The largest absolute Gasteiger partial charge is 0.333 e. The van der Waals surface area contributed by atoms with Crippen molar-refractivity contribution in [1.29, 1.82) is 0 Å². The van der Waals surface area contributed by atoms with Gasteiger partial charge in [0, 0.05) is 24.4 Å². The molecule has 1 saturated heterocycles. The number of piperidine rings is 1. The van der Waals surface area contributed by atoms with Crippen molar-refractivity contribution in [3.05, 3.63) is 35.1 Å². The van der Waals surface area contributed by atoms with Crippen LogP contribution in [0.5, 0.6) is 0 Å². The third-order valence-corrected chi connectivity index (χ3v) is 4.68. The average Bonchev–Trinajstić information content (AvgIpc) is 3.26. The summed E-state index contributed by atoms with van der Waals surface area (Å²) in [5, 5.41) is 15.3. The van der Waals surface area contributed by atoms with Crippen LogP contribution in [-0.2, 0) is 11.2 Å². The van der Waals surface area contributed by atoms with E-state index in [9.17, 15) is 4.79 Å². The molecule has 4 heterocycles. The number of carbonyl (C=O) groups excluding carboxylic acids is 1. The highest BCUT2D eigenvalue weighted by atomic mass is 35.5. The summed E-state index contributed by atoms with van der Waals surface area (Å²) in [5.74, 6) is 1.49. The van der Waals surface area contributed by atoms with Crippen LogP contribution in [0, 0.1) is 12.8 Å². The number of imidazole rings is 1. The zero-order valence-electron chi connectivity index (χ0n) is 14.1. The minimum absolute atomic E-state index is 0.00102. The van der Waals surface area contributed by atoms with Gasteiger partial charge < -0.3 is 4.98 Å². The van der Waals surface area contributed by atoms with Gasteiger partial charge in [-0.25, -0.2) is 4.98 Å². The average molecular weight is 373 g/mol. The molecule has 0 bridgehead atoms. The third-order valence-electron chi connectivity index (χ3n) is 4.49. The lowest BCUT2D eigenvalue weighted by Gasteiger charge is -2.29. The standard InChI is InChI=1S/C16H17ClN8O/c1-9-6-19-20-7-11(9)14-22-16(24-23-14)25-4-2-3-10(15(25)26)5-13-18-8-12(17)21-13/h6-8,10H,2-5H2,1H3,(H,18,21)(H,22,23,24). The van der Waals surface area contributed by atoms with Crippen LogP contribution >= 0.6 is 11.6 Å². The Morgan fingerprint density at radius 2 is 2.15 bits per heavy atom. The number of anilines is 1. The van der Waals surface area contributed by atoms with Gasteiger partial charge in [-0.05, 0) is 25.3 Å². The molecule has 1 unspecified atom stereocenters. The first-order chi connectivity index (χ1) is 12.6. The van der Waals surface area contributed by atoms with Crippen LogP contribution in [0.4, 0.5) is 5.95 Å². The van der Waals surface area contributed by atoms with Crippen LogP contribution in [0.15, 0.2) is 18.6 Å². The van der Waals surface area contributed by atoms with Crippen LogP contribution < -0.4 is 4.90 Å². The van der Waals surface area contributed by atoms with Crippen molar-refractivity contribution in [2.45, 2.75) is 26.2 Å². The number of hydrogen-bond acceptors (Lipinski definition) is 6. The van der Waals surface area contributed by atoms with Crippen LogP contribution in [-0.4, -0.2) is 47.8 Å². The molecule has 1 amide bonds. The van der Waals surface area contributed by atoms with E-state index in [1.54, 1.807) is 23.5 Å². The summed E-state index contributed by atoms with van der Waals surface area (Å²) in [6.45, 7) is 2.52. The maximum atomic E-state index is 12.9. The van der Waals surface area contributed by atoms with E-state index in [0.29, 0.717) is 35.7 Å². The van der Waals surface area contributed by atoms with Gasteiger partial charge in [-0.2, -0.15) is 15.2 Å². The zero-order chi connectivity index (χ0) is 18.1. The maximum absolute atomic E-state index is 12.9. The van der Waals surface area contributed by atoms with Crippen molar-refractivity contribution in [3.8, 4) is 11.4 Å². The normalized spacial score (nSPS) is 17.7. The fourth-order valence-electron chi connectivity index (χ4n) is 3.14. The summed E-state index contributed by atoms with van der Waals surface area (Å²) in [6, 6.07) is 0. The summed E-state index contributed by atoms with van der Waals surface area (Å²) < 4.78 is 0. The van der Waals surface area contributed by atoms with E-state index < -0.39 is 0 Å². The lowest BCUT2D eigenvalue weighted by molar-refractivity contribution is -0.123. The Hall–Kier alpha value is -2.81. The van der Waals surface area contributed by atoms with Crippen molar-refractivity contribution in [3.63, 3.8) is 0 Å². The second-order valence-corrected chi connectivity index (χ2v) is 6.69. The van der Waals surface area contributed by atoms with Gasteiger partial charge in [0.1, 0.15) is 11.0 Å². The Balaban J connectivity index is 1.54. The second-order valence-electron chi connectivity index (χ2n) is 6.28. The number of hydrogen-bond donors (Lipinski definition) is 2. The Morgan fingerprint density at radius 3 is 2.92 bits per heavy atom. The minimum atomic E-state index is -0.169. The molecule has 0 saturated carbocycles.